The third kappa shape index (κ3) is 2.81. The molecule has 1 aromatic carbocycles. The van der Waals surface area contributed by atoms with Crippen LogP contribution < -0.4 is 10.6 Å². The molecule has 2 N–H and O–H groups in total. The summed E-state index contributed by atoms with van der Waals surface area (Å²) in [6.45, 7) is 3.51. The Morgan fingerprint density at radius 1 is 1.07 bits per heavy atom. The number of imide groups is 2. The topological polar surface area (TPSA) is 98.8 Å². The molecule has 1 unspecified atom stereocenters. The van der Waals surface area contributed by atoms with E-state index in [2.05, 4.69) is 15.5 Å². The summed E-state index contributed by atoms with van der Waals surface area (Å²) in [5, 5.41) is 5.61. The van der Waals surface area contributed by atoms with Crippen molar-refractivity contribution in [3.8, 4) is 0 Å². The minimum Gasteiger partial charge on any atom is -0.313 e. The van der Waals surface area contributed by atoms with Gasteiger partial charge in [0.2, 0.25) is 11.8 Å². The molecular formula is C21H24N4O4. The van der Waals surface area contributed by atoms with Crippen molar-refractivity contribution in [2.24, 2.45) is 0 Å². The van der Waals surface area contributed by atoms with Gasteiger partial charge in [0.1, 0.15) is 6.04 Å². The summed E-state index contributed by atoms with van der Waals surface area (Å²) in [6.07, 6.45) is 3.79. The fraction of sp³-hybridized carbons (Fsp3) is 0.524. The molecule has 3 saturated heterocycles. The summed E-state index contributed by atoms with van der Waals surface area (Å²) in [5.74, 6) is -1.81. The number of nitrogens with one attached hydrogen (secondary N) is 2. The lowest BCUT2D eigenvalue weighted by molar-refractivity contribution is -0.136. The van der Waals surface area contributed by atoms with Gasteiger partial charge in [0, 0.05) is 31.6 Å². The second-order valence-corrected chi connectivity index (χ2v) is 8.49. The molecule has 0 aliphatic carbocycles. The Bertz CT molecular complexity index is 923. The van der Waals surface area contributed by atoms with E-state index in [-0.39, 0.29) is 24.3 Å². The number of likely N-dealkylation sites (tertiary alicyclic amines) is 1. The van der Waals surface area contributed by atoms with Gasteiger partial charge >= 0.3 is 0 Å². The summed E-state index contributed by atoms with van der Waals surface area (Å²) < 4.78 is 0. The molecule has 4 heterocycles. The largest absolute Gasteiger partial charge is 0.313 e. The van der Waals surface area contributed by atoms with Gasteiger partial charge in [0.15, 0.2) is 0 Å². The smallest absolute Gasteiger partial charge is 0.262 e. The minimum atomic E-state index is -0.926. The predicted molar refractivity (Wildman–Crippen MR) is 103 cm³/mol. The number of hydrogen-bond donors (Lipinski definition) is 2. The number of rotatable bonds is 3. The van der Waals surface area contributed by atoms with Crippen LogP contribution in [0.3, 0.4) is 0 Å². The predicted octanol–water partition coefficient (Wildman–Crippen LogP) is 0.416. The number of fused-ring (bicyclic) bond motifs is 1. The normalized spacial score (nSPS) is 26.5. The molecular weight excluding hydrogens is 372 g/mol. The molecule has 0 saturated carbocycles. The molecule has 4 aliphatic heterocycles. The number of piperidine rings is 2. The summed E-state index contributed by atoms with van der Waals surface area (Å²) in [6, 6.07) is 4.45. The highest BCUT2D eigenvalue weighted by Crippen LogP contribution is 2.35. The standard InChI is InChI=1S/C21H24N4O4/c26-16-7-6-15(18(27)23-16)25-19(28)14-5-3-4-13(17(14)20(25)29)10-24-9-2-1-8-21(24)11-22-12-21/h3-5,15,22H,1-2,6-12H2,(H,23,26,27). The molecule has 0 radical (unpaired) electrons. The minimum absolute atomic E-state index is 0.125. The molecule has 3 fully saturated rings. The van der Waals surface area contributed by atoms with E-state index in [0.717, 1.165) is 42.9 Å². The lowest BCUT2D eigenvalue weighted by Gasteiger charge is -2.53. The van der Waals surface area contributed by atoms with E-state index >= 15 is 0 Å². The first-order valence-electron chi connectivity index (χ1n) is 10.3. The first-order chi connectivity index (χ1) is 14.0. The molecule has 0 aromatic heterocycles. The molecule has 5 rings (SSSR count). The summed E-state index contributed by atoms with van der Waals surface area (Å²) in [5.41, 5.74) is 1.75. The number of hydrogen-bond acceptors (Lipinski definition) is 6. The first kappa shape index (κ1) is 18.4. The van der Waals surface area contributed by atoms with E-state index in [9.17, 15) is 19.2 Å². The number of benzene rings is 1. The zero-order chi connectivity index (χ0) is 20.2. The summed E-state index contributed by atoms with van der Waals surface area (Å²) in [7, 11) is 0. The molecule has 1 spiro atoms. The molecule has 8 nitrogen and oxygen atoms in total. The van der Waals surface area contributed by atoms with Gasteiger partial charge in [-0.25, -0.2) is 0 Å². The number of carbonyl (C=O) groups is 4. The van der Waals surface area contributed by atoms with Crippen molar-refractivity contribution >= 4 is 23.6 Å². The van der Waals surface area contributed by atoms with Gasteiger partial charge in [0.25, 0.3) is 11.8 Å². The lowest BCUT2D eigenvalue weighted by atomic mass is 9.81. The van der Waals surface area contributed by atoms with Crippen molar-refractivity contribution in [2.75, 3.05) is 19.6 Å². The quantitative estimate of drug-likeness (QED) is 0.719. The molecule has 1 aromatic rings. The van der Waals surface area contributed by atoms with Gasteiger partial charge in [-0.2, -0.15) is 0 Å². The van der Waals surface area contributed by atoms with Gasteiger partial charge in [-0.15, -0.1) is 0 Å². The highest BCUT2D eigenvalue weighted by Gasteiger charge is 2.47. The van der Waals surface area contributed by atoms with E-state index in [0.29, 0.717) is 17.7 Å². The lowest BCUT2D eigenvalue weighted by Crippen LogP contribution is -2.69. The number of amides is 4. The van der Waals surface area contributed by atoms with Crippen molar-refractivity contribution < 1.29 is 19.2 Å². The van der Waals surface area contributed by atoms with Crippen molar-refractivity contribution in [3.63, 3.8) is 0 Å². The van der Waals surface area contributed by atoms with Gasteiger partial charge in [-0.05, 0) is 37.4 Å². The molecule has 4 amide bonds. The zero-order valence-corrected chi connectivity index (χ0v) is 16.2. The van der Waals surface area contributed by atoms with Crippen molar-refractivity contribution in [3.05, 3.63) is 34.9 Å². The Labute approximate surface area is 168 Å². The van der Waals surface area contributed by atoms with Crippen LogP contribution in [0.1, 0.15) is 58.4 Å². The van der Waals surface area contributed by atoms with Crippen LogP contribution in [0.2, 0.25) is 0 Å². The van der Waals surface area contributed by atoms with Crippen LogP contribution in [0.5, 0.6) is 0 Å². The zero-order valence-electron chi connectivity index (χ0n) is 16.2. The van der Waals surface area contributed by atoms with Crippen LogP contribution in [-0.4, -0.2) is 64.6 Å². The summed E-state index contributed by atoms with van der Waals surface area (Å²) >= 11 is 0. The highest BCUT2D eigenvalue weighted by molar-refractivity contribution is 6.24. The third-order valence-corrected chi connectivity index (χ3v) is 6.81. The molecule has 152 valence electrons. The van der Waals surface area contributed by atoms with Gasteiger partial charge in [0.05, 0.1) is 11.1 Å². The van der Waals surface area contributed by atoms with Crippen molar-refractivity contribution in [1.29, 1.82) is 0 Å². The van der Waals surface area contributed by atoms with Gasteiger partial charge in [-0.3, -0.25) is 34.3 Å². The maximum absolute atomic E-state index is 13.3. The second kappa shape index (κ2) is 6.74. The third-order valence-electron chi connectivity index (χ3n) is 6.81. The average Bonchev–Trinajstić information content (AvgIpc) is 2.93. The van der Waals surface area contributed by atoms with Crippen LogP contribution in [0, 0.1) is 0 Å². The fourth-order valence-electron chi connectivity index (χ4n) is 5.14. The van der Waals surface area contributed by atoms with Crippen LogP contribution >= 0.6 is 0 Å². The van der Waals surface area contributed by atoms with E-state index in [1.165, 1.54) is 6.42 Å². The molecule has 8 heteroatoms. The van der Waals surface area contributed by atoms with E-state index in [1.807, 2.05) is 12.1 Å². The Balaban J connectivity index is 1.45. The fourth-order valence-corrected chi connectivity index (χ4v) is 5.14. The van der Waals surface area contributed by atoms with E-state index in [1.54, 1.807) is 6.07 Å². The number of nitrogens with zero attached hydrogens (tertiary/aromatic N) is 2. The van der Waals surface area contributed by atoms with Crippen LogP contribution in [-0.2, 0) is 16.1 Å². The van der Waals surface area contributed by atoms with E-state index in [4.69, 9.17) is 0 Å². The summed E-state index contributed by atoms with van der Waals surface area (Å²) in [4.78, 5) is 53.5. The molecule has 1 atom stereocenters. The van der Waals surface area contributed by atoms with Crippen LogP contribution in [0.4, 0.5) is 0 Å². The second-order valence-electron chi connectivity index (χ2n) is 8.49. The van der Waals surface area contributed by atoms with Crippen LogP contribution in [0.15, 0.2) is 18.2 Å². The SMILES string of the molecule is O=C1CCC(N2C(=O)c3cccc(CN4CCCCC45CNC5)c3C2=O)C(=O)N1. The molecule has 29 heavy (non-hydrogen) atoms. The maximum atomic E-state index is 13.3. The first-order valence-corrected chi connectivity index (χ1v) is 10.3. The molecule has 4 aliphatic rings. The maximum Gasteiger partial charge on any atom is 0.262 e. The van der Waals surface area contributed by atoms with Gasteiger partial charge in [-0.1, -0.05) is 18.6 Å². The number of carbonyl (C=O) groups excluding carboxylic acids is 4. The average molecular weight is 396 g/mol. The van der Waals surface area contributed by atoms with Crippen molar-refractivity contribution in [1.82, 2.24) is 20.4 Å². The Kier molecular flexibility index (Phi) is 4.29. The van der Waals surface area contributed by atoms with E-state index < -0.39 is 23.8 Å². The highest BCUT2D eigenvalue weighted by atomic mass is 16.2. The Morgan fingerprint density at radius 2 is 1.90 bits per heavy atom. The molecule has 0 bridgehead atoms. The van der Waals surface area contributed by atoms with Crippen LogP contribution in [0.25, 0.3) is 0 Å². The van der Waals surface area contributed by atoms with Gasteiger partial charge < -0.3 is 5.32 Å². The monoisotopic (exact) mass is 396 g/mol. The van der Waals surface area contributed by atoms with Crippen molar-refractivity contribution in [2.45, 2.75) is 50.2 Å². The Hall–Kier alpha value is -2.58. The Morgan fingerprint density at radius 3 is 2.62 bits per heavy atom.